The second-order valence-corrected chi connectivity index (χ2v) is 3.65. The van der Waals surface area contributed by atoms with E-state index < -0.39 is 0 Å². The molecule has 78 valence electrons. The van der Waals surface area contributed by atoms with Crippen molar-refractivity contribution in [3.63, 3.8) is 0 Å². The van der Waals surface area contributed by atoms with Gasteiger partial charge in [-0.25, -0.2) is 0 Å². The zero-order valence-electron chi connectivity index (χ0n) is 8.83. The average Bonchev–Trinajstić information content (AvgIpc) is 2.27. The van der Waals surface area contributed by atoms with Gasteiger partial charge in [-0.15, -0.1) is 0 Å². The standard InChI is InChI=1S/C11H18N2O/c1-3-6-13-11(2,9-14)10-4-7-12-8-5-10/h4-5,7-8,13-14H,3,6,9H2,1-2H3. The molecule has 2 N–H and O–H groups in total. The highest BCUT2D eigenvalue weighted by Crippen LogP contribution is 2.18. The van der Waals surface area contributed by atoms with Gasteiger partial charge >= 0.3 is 0 Å². The van der Waals surface area contributed by atoms with Crippen LogP contribution in [0.3, 0.4) is 0 Å². The molecule has 0 aliphatic carbocycles. The van der Waals surface area contributed by atoms with Crippen LogP contribution >= 0.6 is 0 Å². The van der Waals surface area contributed by atoms with E-state index in [1.807, 2.05) is 19.1 Å². The summed E-state index contributed by atoms with van der Waals surface area (Å²) in [6, 6.07) is 3.86. The first kappa shape index (κ1) is 11.1. The molecule has 3 nitrogen and oxygen atoms in total. The number of nitrogens with zero attached hydrogens (tertiary/aromatic N) is 1. The maximum atomic E-state index is 9.38. The minimum absolute atomic E-state index is 0.0943. The Bertz CT molecular complexity index is 263. The number of pyridine rings is 1. The second-order valence-electron chi connectivity index (χ2n) is 3.65. The molecule has 0 amide bonds. The summed E-state index contributed by atoms with van der Waals surface area (Å²) in [5.74, 6) is 0. The number of aromatic nitrogens is 1. The molecule has 1 rings (SSSR count). The van der Waals surface area contributed by atoms with Crippen molar-refractivity contribution in [1.29, 1.82) is 0 Å². The van der Waals surface area contributed by atoms with Crippen molar-refractivity contribution in [1.82, 2.24) is 10.3 Å². The SMILES string of the molecule is CCCNC(C)(CO)c1ccncc1. The normalized spacial score (nSPS) is 15.1. The van der Waals surface area contributed by atoms with Gasteiger partial charge in [0.05, 0.1) is 12.1 Å². The molecule has 0 spiro atoms. The van der Waals surface area contributed by atoms with Crippen molar-refractivity contribution in [2.75, 3.05) is 13.2 Å². The van der Waals surface area contributed by atoms with Gasteiger partial charge in [-0.05, 0) is 37.6 Å². The Morgan fingerprint density at radius 1 is 1.43 bits per heavy atom. The van der Waals surface area contributed by atoms with E-state index in [9.17, 15) is 5.11 Å². The van der Waals surface area contributed by atoms with Gasteiger partial charge in [0.1, 0.15) is 0 Å². The lowest BCUT2D eigenvalue weighted by Crippen LogP contribution is -2.43. The molecular formula is C11H18N2O. The Morgan fingerprint density at radius 2 is 2.07 bits per heavy atom. The molecule has 0 saturated carbocycles. The molecule has 0 radical (unpaired) electrons. The van der Waals surface area contributed by atoms with Crippen molar-refractivity contribution in [2.45, 2.75) is 25.8 Å². The molecule has 1 atom stereocenters. The van der Waals surface area contributed by atoms with Gasteiger partial charge in [0.25, 0.3) is 0 Å². The lowest BCUT2D eigenvalue weighted by Gasteiger charge is -2.29. The second kappa shape index (κ2) is 5.08. The highest BCUT2D eigenvalue weighted by Gasteiger charge is 2.24. The summed E-state index contributed by atoms with van der Waals surface area (Å²) in [6.07, 6.45) is 4.55. The molecule has 0 saturated heterocycles. The quantitative estimate of drug-likeness (QED) is 0.742. The van der Waals surface area contributed by atoms with Crippen LogP contribution in [0.25, 0.3) is 0 Å². The lowest BCUT2D eigenvalue weighted by atomic mass is 9.94. The number of aliphatic hydroxyl groups excluding tert-OH is 1. The molecule has 3 heteroatoms. The molecule has 0 bridgehead atoms. The Hall–Kier alpha value is -0.930. The number of hydrogen-bond donors (Lipinski definition) is 2. The Balaban J connectivity index is 2.79. The first-order valence-corrected chi connectivity index (χ1v) is 4.99. The van der Waals surface area contributed by atoms with Crippen molar-refractivity contribution in [3.05, 3.63) is 30.1 Å². The maximum absolute atomic E-state index is 9.38. The minimum atomic E-state index is -0.348. The van der Waals surface area contributed by atoms with Crippen LogP contribution in [0.15, 0.2) is 24.5 Å². The van der Waals surface area contributed by atoms with E-state index in [1.54, 1.807) is 12.4 Å². The monoisotopic (exact) mass is 194 g/mol. The predicted molar refractivity (Wildman–Crippen MR) is 57.0 cm³/mol. The van der Waals surface area contributed by atoms with E-state index in [-0.39, 0.29) is 12.1 Å². The van der Waals surface area contributed by atoms with Gasteiger partial charge in [0, 0.05) is 12.4 Å². The third kappa shape index (κ3) is 2.53. The van der Waals surface area contributed by atoms with E-state index in [0.29, 0.717) is 0 Å². The lowest BCUT2D eigenvalue weighted by molar-refractivity contribution is 0.175. The van der Waals surface area contributed by atoms with E-state index in [2.05, 4.69) is 17.2 Å². The number of rotatable bonds is 5. The van der Waals surface area contributed by atoms with E-state index in [1.165, 1.54) is 0 Å². The highest BCUT2D eigenvalue weighted by atomic mass is 16.3. The van der Waals surface area contributed by atoms with Crippen LogP contribution in [-0.4, -0.2) is 23.2 Å². The van der Waals surface area contributed by atoms with Crippen LogP contribution in [0, 0.1) is 0 Å². The van der Waals surface area contributed by atoms with Crippen molar-refractivity contribution in [3.8, 4) is 0 Å². The summed E-state index contributed by atoms with van der Waals surface area (Å²) in [6.45, 7) is 5.10. The van der Waals surface area contributed by atoms with Gasteiger partial charge in [0.2, 0.25) is 0 Å². The van der Waals surface area contributed by atoms with Crippen LogP contribution in [-0.2, 0) is 5.54 Å². The molecule has 0 aliphatic heterocycles. The van der Waals surface area contributed by atoms with E-state index >= 15 is 0 Å². The summed E-state index contributed by atoms with van der Waals surface area (Å²) in [5.41, 5.74) is 0.724. The maximum Gasteiger partial charge on any atom is 0.0652 e. The molecule has 1 heterocycles. The molecule has 14 heavy (non-hydrogen) atoms. The van der Waals surface area contributed by atoms with Crippen molar-refractivity contribution < 1.29 is 5.11 Å². The molecule has 0 aliphatic rings. The zero-order chi connectivity index (χ0) is 10.4. The smallest absolute Gasteiger partial charge is 0.0652 e. The number of nitrogens with one attached hydrogen (secondary N) is 1. The molecule has 1 aromatic heterocycles. The van der Waals surface area contributed by atoms with Crippen LogP contribution in [0.4, 0.5) is 0 Å². The van der Waals surface area contributed by atoms with Crippen LogP contribution in [0.5, 0.6) is 0 Å². The van der Waals surface area contributed by atoms with Gasteiger partial charge in [-0.3, -0.25) is 4.98 Å². The van der Waals surface area contributed by atoms with Gasteiger partial charge in [-0.1, -0.05) is 6.92 Å². The Kier molecular flexibility index (Phi) is 4.04. The molecule has 1 aromatic rings. The van der Waals surface area contributed by atoms with Crippen molar-refractivity contribution in [2.24, 2.45) is 0 Å². The van der Waals surface area contributed by atoms with Crippen molar-refractivity contribution >= 4 is 0 Å². The Labute approximate surface area is 85.2 Å². The zero-order valence-corrected chi connectivity index (χ0v) is 8.83. The largest absolute Gasteiger partial charge is 0.394 e. The predicted octanol–water partition coefficient (Wildman–Crippen LogP) is 1.29. The summed E-state index contributed by atoms with van der Waals surface area (Å²) in [4.78, 5) is 3.96. The molecule has 0 aromatic carbocycles. The van der Waals surface area contributed by atoms with Gasteiger partial charge in [-0.2, -0.15) is 0 Å². The first-order valence-electron chi connectivity index (χ1n) is 4.99. The number of aliphatic hydroxyl groups is 1. The summed E-state index contributed by atoms with van der Waals surface area (Å²) >= 11 is 0. The average molecular weight is 194 g/mol. The fourth-order valence-electron chi connectivity index (χ4n) is 1.37. The third-order valence-electron chi connectivity index (χ3n) is 2.40. The fraction of sp³-hybridized carbons (Fsp3) is 0.545. The topological polar surface area (TPSA) is 45.1 Å². The van der Waals surface area contributed by atoms with E-state index in [4.69, 9.17) is 0 Å². The van der Waals surface area contributed by atoms with Crippen LogP contribution in [0.1, 0.15) is 25.8 Å². The van der Waals surface area contributed by atoms with Gasteiger partial charge < -0.3 is 10.4 Å². The van der Waals surface area contributed by atoms with E-state index in [0.717, 1.165) is 18.5 Å². The third-order valence-corrected chi connectivity index (χ3v) is 2.40. The summed E-state index contributed by atoms with van der Waals surface area (Å²) in [7, 11) is 0. The molecular weight excluding hydrogens is 176 g/mol. The molecule has 0 fully saturated rings. The summed E-state index contributed by atoms with van der Waals surface area (Å²) < 4.78 is 0. The van der Waals surface area contributed by atoms with Crippen LogP contribution in [0.2, 0.25) is 0 Å². The molecule has 1 unspecified atom stereocenters. The Morgan fingerprint density at radius 3 is 2.57 bits per heavy atom. The van der Waals surface area contributed by atoms with Gasteiger partial charge in [0.15, 0.2) is 0 Å². The van der Waals surface area contributed by atoms with Crippen LogP contribution < -0.4 is 5.32 Å². The first-order chi connectivity index (χ1) is 6.73. The number of hydrogen-bond acceptors (Lipinski definition) is 3. The summed E-state index contributed by atoms with van der Waals surface area (Å²) in [5, 5.41) is 12.7. The highest BCUT2D eigenvalue weighted by molar-refractivity contribution is 5.20. The fourth-order valence-corrected chi connectivity index (χ4v) is 1.37. The minimum Gasteiger partial charge on any atom is -0.394 e.